The van der Waals surface area contributed by atoms with Crippen LogP contribution in [-0.2, 0) is 6.61 Å². The van der Waals surface area contributed by atoms with E-state index in [2.05, 4.69) is 41.9 Å². The van der Waals surface area contributed by atoms with Crippen molar-refractivity contribution in [2.75, 3.05) is 5.73 Å². The molecule has 0 radical (unpaired) electrons. The van der Waals surface area contributed by atoms with Gasteiger partial charge in [-0.05, 0) is 53.8 Å². The molecule has 0 saturated carbocycles. The average Bonchev–Trinajstić information content (AvgIpc) is 2.41. The van der Waals surface area contributed by atoms with Gasteiger partial charge in [-0.1, -0.05) is 41.9 Å². The predicted molar refractivity (Wildman–Crippen MR) is 88.2 cm³/mol. The van der Waals surface area contributed by atoms with Crippen LogP contribution in [0, 0.1) is 6.92 Å². The van der Waals surface area contributed by atoms with Crippen molar-refractivity contribution in [2.45, 2.75) is 33.3 Å². The maximum atomic E-state index is 6.00. The highest BCUT2D eigenvalue weighted by atomic mass is 79.9. The lowest BCUT2D eigenvalue weighted by atomic mass is 10.0. The molecule has 2 N–H and O–H groups in total. The van der Waals surface area contributed by atoms with Crippen molar-refractivity contribution in [1.82, 2.24) is 0 Å². The highest BCUT2D eigenvalue weighted by Gasteiger charge is 2.09. The van der Waals surface area contributed by atoms with Crippen molar-refractivity contribution in [2.24, 2.45) is 0 Å². The van der Waals surface area contributed by atoms with Crippen LogP contribution in [0.1, 0.15) is 36.5 Å². The third-order valence-corrected chi connectivity index (χ3v) is 3.96. The van der Waals surface area contributed by atoms with Crippen LogP contribution in [0.3, 0.4) is 0 Å². The van der Waals surface area contributed by atoms with Gasteiger partial charge < -0.3 is 10.5 Å². The largest absolute Gasteiger partial charge is 0.489 e. The van der Waals surface area contributed by atoms with E-state index in [1.54, 1.807) is 0 Å². The summed E-state index contributed by atoms with van der Waals surface area (Å²) in [6, 6.07) is 12.1. The number of benzene rings is 2. The van der Waals surface area contributed by atoms with Crippen LogP contribution in [0.15, 0.2) is 40.9 Å². The molecule has 0 amide bonds. The molecule has 0 heterocycles. The first-order chi connectivity index (χ1) is 9.49. The fourth-order valence-corrected chi connectivity index (χ4v) is 2.50. The van der Waals surface area contributed by atoms with Gasteiger partial charge in [-0.15, -0.1) is 0 Å². The number of nitrogens with two attached hydrogens (primary N) is 1. The summed E-state index contributed by atoms with van der Waals surface area (Å²) in [4.78, 5) is 0. The highest BCUT2D eigenvalue weighted by Crippen LogP contribution is 2.30. The lowest BCUT2D eigenvalue weighted by Crippen LogP contribution is -2.03. The van der Waals surface area contributed by atoms with E-state index in [1.165, 1.54) is 5.56 Å². The van der Waals surface area contributed by atoms with Gasteiger partial charge in [0.15, 0.2) is 0 Å². The summed E-state index contributed by atoms with van der Waals surface area (Å²) in [5.74, 6) is 1.36. The minimum atomic E-state index is 0.421. The molecule has 2 rings (SSSR count). The van der Waals surface area contributed by atoms with Gasteiger partial charge in [0.2, 0.25) is 0 Å². The average molecular weight is 334 g/mol. The van der Waals surface area contributed by atoms with Crippen molar-refractivity contribution in [3.8, 4) is 5.75 Å². The summed E-state index contributed by atoms with van der Waals surface area (Å²) < 4.78 is 7.08. The molecule has 2 nitrogen and oxygen atoms in total. The van der Waals surface area contributed by atoms with E-state index in [1.807, 2.05) is 31.2 Å². The maximum Gasteiger partial charge on any atom is 0.123 e. The number of hydrogen-bond donors (Lipinski definition) is 1. The van der Waals surface area contributed by atoms with Crippen LogP contribution in [0.4, 0.5) is 5.69 Å². The van der Waals surface area contributed by atoms with Crippen LogP contribution in [0.25, 0.3) is 0 Å². The SMILES string of the molecule is Cc1c(N)cccc1COc1ccc(Br)cc1C(C)C. The molecule has 0 spiro atoms. The van der Waals surface area contributed by atoms with Gasteiger partial charge >= 0.3 is 0 Å². The predicted octanol–water partition coefficient (Wildman–Crippen LogP) is 5.04. The first-order valence-electron chi connectivity index (χ1n) is 6.75. The fraction of sp³-hybridized carbons (Fsp3) is 0.294. The Hall–Kier alpha value is -1.48. The van der Waals surface area contributed by atoms with Crippen LogP contribution in [0.2, 0.25) is 0 Å². The van der Waals surface area contributed by atoms with Crippen molar-refractivity contribution in [3.05, 3.63) is 57.6 Å². The van der Waals surface area contributed by atoms with Gasteiger partial charge in [-0.3, -0.25) is 0 Å². The van der Waals surface area contributed by atoms with Gasteiger partial charge in [0.1, 0.15) is 12.4 Å². The van der Waals surface area contributed by atoms with Crippen LogP contribution >= 0.6 is 15.9 Å². The molecular formula is C17H20BrNO. The summed E-state index contributed by atoms with van der Waals surface area (Å²) in [7, 11) is 0. The quantitative estimate of drug-likeness (QED) is 0.795. The molecule has 20 heavy (non-hydrogen) atoms. The van der Waals surface area contributed by atoms with E-state index in [9.17, 15) is 0 Å². The molecule has 0 aromatic heterocycles. The Kier molecular flexibility index (Phi) is 4.71. The van der Waals surface area contributed by atoms with E-state index >= 15 is 0 Å². The maximum absolute atomic E-state index is 6.00. The van der Waals surface area contributed by atoms with Crippen molar-refractivity contribution in [1.29, 1.82) is 0 Å². The number of rotatable bonds is 4. The van der Waals surface area contributed by atoms with Crippen molar-refractivity contribution in [3.63, 3.8) is 0 Å². The third kappa shape index (κ3) is 3.34. The normalized spacial score (nSPS) is 10.8. The summed E-state index contributed by atoms with van der Waals surface area (Å²) in [6.07, 6.45) is 0. The Bertz CT molecular complexity index is 608. The number of ether oxygens (including phenoxy) is 1. The monoisotopic (exact) mass is 333 g/mol. The molecular weight excluding hydrogens is 314 g/mol. The first-order valence-corrected chi connectivity index (χ1v) is 7.54. The molecule has 2 aromatic rings. The summed E-state index contributed by atoms with van der Waals surface area (Å²) in [5, 5.41) is 0. The Morgan fingerprint density at radius 3 is 2.65 bits per heavy atom. The minimum Gasteiger partial charge on any atom is -0.489 e. The molecule has 0 aliphatic heterocycles. The number of anilines is 1. The van der Waals surface area contributed by atoms with E-state index in [0.29, 0.717) is 12.5 Å². The molecule has 0 fully saturated rings. The van der Waals surface area contributed by atoms with Gasteiger partial charge in [-0.25, -0.2) is 0 Å². The molecule has 2 aromatic carbocycles. The van der Waals surface area contributed by atoms with Gasteiger partial charge in [0.05, 0.1) is 0 Å². The van der Waals surface area contributed by atoms with E-state index in [4.69, 9.17) is 10.5 Å². The molecule has 0 atom stereocenters. The Labute approximate surface area is 129 Å². The summed E-state index contributed by atoms with van der Waals surface area (Å²) >= 11 is 3.51. The topological polar surface area (TPSA) is 35.2 Å². The molecule has 0 aliphatic rings. The van der Waals surface area contributed by atoms with Crippen molar-refractivity contribution >= 4 is 21.6 Å². The second kappa shape index (κ2) is 6.31. The van der Waals surface area contributed by atoms with E-state index in [0.717, 1.165) is 27.0 Å². The zero-order chi connectivity index (χ0) is 14.7. The smallest absolute Gasteiger partial charge is 0.123 e. The number of halogens is 1. The number of hydrogen-bond acceptors (Lipinski definition) is 2. The lowest BCUT2D eigenvalue weighted by Gasteiger charge is -2.16. The molecule has 0 aliphatic carbocycles. The molecule has 0 bridgehead atoms. The second-order valence-corrected chi connectivity index (χ2v) is 6.17. The molecule has 3 heteroatoms. The molecule has 106 valence electrons. The van der Waals surface area contributed by atoms with Gasteiger partial charge in [0.25, 0.3) is 0 Å². The first kappa shape index (κ1) is 14.9. The number of nitrogen functional groups attached to an aromatic ring is 1. The fourth-order valence-electron chi connectivity index (χ4n) is 2.12. The van der Waals surface area contributed by atoms with Crippen LogP contribution in [-0.4, -0.2) is 0 Å². The van der Waals surface area contributed by atoms with E-state index < -0.39 is 0 Å². The van der Waals surface area contributed by atoms with Gasteiger partial charge in [-0.2, -0.15) is 0 Å². The Balaban J connectivity index is 2.21. The highest BCUT2D eigenvalue weighted by molar-refractivity contribution is 9.10. The van der Waals surface area contributed by atoms with Gasteiger partial charge in [0, 0.05) is 10.2 Å². The van der Waals surface area contributed by atoms with Crippen LogP contribution < -0.4 is 10.5 Å². The van der Waals surface area contributed by atoms with E-state index in [-0.39, 0.29) is 0 Å². The second-order valence-electron chi connectivity index (χ2n) is 5.26. The Morgan fingerprint density at radius 1 is 1.20 bits per heavy atom. The zero-order valence-corrected chi connectivity index (χ0v) is 13.7. The summed E-state index contributed by atoms with van der Waals surface area (Å²) in [6.45, 7) is 6.90. The zero-order valence-electron chi connectivity index (χ0n) is 12.1. The minimum absolute atomic E-state index is 0.421. The van der Waals surface area contributed by atoms with Crippen molar-refractivity contribution < 1.29 is 4.74 Å². The lowest BCUT2D eigenvalue weighted by molar-refractivity contribution is 0.301. The third-order valence-electron chi connectivity index (χ3n) is 3.46. The van der Waals surface area contributed by atoms with Crippen LogP contribution in [0.5, 0.6) is 5.75 Å². The standard InChI is InChI=1S/C17H20BrNO/c1-11(2)15-9-14(18)7-8-17(15)20-10-13-5-4-6-16(19)12(13)3/h4-9,11H,10,19H2,1-3H3. The molecule has 0 saturated heterocycles. The summed E-state index contributed by atoms with van der Waals surface area (Å²) in [5.41, 5.74) is 10.2. The Morgan fingerprint density at radius 2 is 1.95 bits per heavy atom. The molecule has 0 unspecified atom stereocenters.